The minimum Gasteiger partial charge on any atom is -0.494 e. The van der Waals surface area contributed by atoms with Gasteiger partial charge in [0.1, 0.15) is 11.3 Å². The van der Waals surface area contributed by atoms with Crippen molar-refractivity contribution in [2.75, 3.05) is 30.8 Å². The van der Waals surface area contributed by atoms with Crippen LogP contribution in [0.4, 0.5) is 11.4 Å². The fourth-order valence-electron chi connectivity index (χ4n) is 1.72. The van der Waals surface area contributed by atoms with Gasteiger partial charge in [-0.25, -0.2) is 4.79 Å². The van der Waals surface area contributed by atoms with Crippen molar-refractivity contribution >= 4 is 28.9 Å². The average molecular weight is 243 g/mol. The minimum absolute atomic E-state index is 0.0578. The second-order valence-electron chi connectivity index (χ2n) is 3.35. The van der Waals surface area contributed by atoms with Crippen molar-refractivity contribution in [1.29, 1.82) is 0 Å². The van der Waals surface area contributed by atoms with Gasteiger partial charge < -0.3 is 20.5 Å². The molecule has 5 nitrogen and oxygen atoms in total. The fourth-order valence-corrected chi connectivity index (χ4v) is 1.99. The predicted octanol–water partition coefficient (Wildman–Crippen LogP) is 1.88. The van der Waals surface area contributed by atoms with Crippen molar-refractivity contribution in [3.05, 3.63) is 16.7 Å². The molecule has 1 heterocycles. The molecule has 0 atom stereocenters. The largest absolute Gasteiger partial charge is 0.494 e. The average Bonchev–Trinajstić information content (AvgIpc) is 2.29. The predicted molar refractivity (Wildman–Crippen MR) is 61.9 cm³/mol. The molecule has 1 aliphatic rings. The third kappa shape index (κ3) is 1.63. The van der Waals surface area contributed by atoms with E-state index >= 15 is 0 Å². The number of ether oxygens (including phenoxy) is 1. The number of aromatic carboxylic acids is 1. The van der Waals surface area contributed by atoms with Crippen LogP contribution in [0.25, 0.3) is 0 Å². The van der Waals surface area contributed by atoms with Gasteiger partial charge in [-0.1, -0.05) is 11.6 Å². The first-order valence-electron chi connectivity index (χ1n) is 4.76. The zero-order chi connectivity index (χ0) is 11.7. The van der Waals surface area contributed by atoms with Crippen molar-refractivity contribution in [3.63, 3.8) is 0 Å². The van der Waals surface area contributed by atoms with Gasteiger partial charge in [0.25, 0.3) is 0 Å². The van der Waals surface area contributed by atoms with E-state index in [1.54, 1.807) is 0 Å². The Kier molecular flexibility index (Phi) is 2.78. The Balaban J connectivity index is 2.66. The SMILES string of the molecule is COc1c(C(=O)O)cc(Cl)c2c1NCCN2. The number of nitrogens with one attached hydrogen (secondary N) is 2. The van der Waals surface area contributed by atoms with Gasteiger partial charge in [-0.05, 0) is 6.07 Å². The van der Waals surface area contributed by atoms with E-state index in [0.29, 0.717) is 28.7 Å². The number of hydrogen-bond acceptors (Lipinski definition) is 4. The first kappa shape index (κ1) is 10.9. The number of fused-ring (bicyclic) bond motifs is 1. The van der Waals surface area contributed by atoms with Crippen LogP contribution in [0.1, 0.15) is 10.4 Å². The Morgan fingerprint density at radius 3 is 2.62 bits per heavy atom. The third-order valence-corrected chi connectivity index (χ3v) is 2.69. The fraction of sp³-hybridized carbons (Fsp3) is 0.300. The monoisotopic (exact) mass is 242 g/mol. The molecule has 0 amide bonds. The van der Waals surface area contributed by atoms with Crippen molar-refractivity contribution in [3.8, 4) is 5.75 Å². The maximum atomic E-state index is 11.0. The molecule has 1 aromatic rings. The molecular formula is C10H11ClN2O3. The summed E-state index contributed by atoms with van der Waals surface area (Å²) >= 11 is 6.00. The molecule has 0 saturated carbocycles. The van der Waals surface area contributed by atoms with E-state index in [-0.39, 0.29) is 5.56 Å². The van der Waals surface area contributed by atoms with Gasteiger partial charge in [0.15, 0.2) is 5.75 Å². The van der Waals surface area contributed by atoms with E-state index < -0.39 is 5.97 Å². The Labute approximate surface area is 97.4 Å². The number of carbonyl (C=O) groups is 1. The molecule has 1 aromatic carbocycles. The summed E-state index contributed by atoms with van der Waals surface area (Å²) in [6, 6.07) is 1.39. The molecule has 1 aliphatic heterocycles. The molecule has 0 bridgehead atoms. The standard InChI is InChI=1S/C10H11ClN2O3/c1-16-9-5(10(14)15)4-6(11)7-8(9)13-3-2-12-7/h4,12-13H,2-3H2,1H3,(H,14,15). The summed E-state index contributed by atoms with van der Waals surface area (Å²) in [4.78, 5) is 11.0. The van der Waals surface area contributed by atoms with Gasteiger partial charge in [0.2, 0.25) is 0 Å². The molecule has 2 rings (SSSR count). The molecule has 0 spiro atoms. The van der Waals surface area contributed by atoms with Crippen LogP contribution < -0.4 is 15.4 Å². The molecule has 0 fully saturated rings. The summed E-state index contributed by atoms with van der Waals surface area (Å²) in [7, 11) is 1.44. The maximum Gasteiger partial charge on any atom is 0.339 e. The van der Waals surface area contributed by atoms with E-state index in [1.165, 1.54) is 13.2 Å². The number of anilines is 2. The van der Waals surface area contributed by atoms with Gasteiger partial charge in [0, 0.05) is 13.1 Å². The smallest absolute Gasteiger partial charge is 0.339 e. The zero-order valence-electron chi connectivity index (χ0n) is 8.63. The van der Waals surface area contributed by atoms with Gasteiger partial charge in [-0.15, -0.1) is 0 Å². The first-order valence-corrected chi connectivity index (χ1v) is 5.14. The van der Waals surface area contributed by atoms with Gasteiger partial charge in [-0.2, -0.15) is 0 Å². The summed E-state index contributed by atoms with van der Waals surface area (Å²) in [5, 5.41) is 15.6. The lowest BCUT2D eigenvalue weighted by Crippen LogP contribution is -2.22. The molecule has 86 valence electrons. The number of halogens is 1. The van der Waals surface area contributed by atoms with Crippen LogP contribution >= 0.6 is 11.6 Å². The van der Waals surface area contributed by atoms with E-state index in [4.69, 9.17) is 21.4 Å². The summed E-state index contributed by atoms with van der Waals surface area (Å²) < 4.78 is 5.12. The van der Waals surface area contributed by atoms with Crippen LogP contribution in [0.15, 0.2) is 6.07 Å². The summed E-state index contributed by atoms with van der Waals surface area (Å²) in [6.07, 6.45) is 0. The Bertz CT molecular complexity index is 448. The highest BCUT2D eigenvalue weighted by molar-refractivity contribution is 6.34. The molecular weight excluding hydrogens is 232 g/mol. The number of hydrogen-bond donors (Lipinski definition) is 3. The van der Waals surface area contributed by atoms with Crippen LogP contribution in [0, 0.1) is 0 Å². The number of rotatable bonds is 2. The van der Waals surface area contributed by atoms with Crippen molar-refractivity contribution < 1.29 is 14.6 Å². The molecule has 0 saturated heterocycles. The lowest BCUT2D eigenvalue weighted by Gasteiger charge is -2.24. The number of carboxylic acid groups (broad SMARTS) is 1. The van der Waals surface area contributed by atoms with Gasteiger partial charge >= 0.3 is 5.97 Å². The normalized spacial score (nSPS) is 13.4. The van der Waals surface area contributed by atoms with E-state index in [1.807, 2.05) is 0 Å². The third-order valence-electron chi connectivity index (χ3n) is 2.39. The molecule has 0 radical (unpaired) electrons. The molecule has 0 aliphatic carbocycles. The number of methoxy groups -OCH3 is 1. The number of carboxylic acids is 1. The summed E-state index contributed by atoms with van der Waals surface area (Å²) in [6.45, 7) is 1.44. The zero-order valence-corrected chi connectivity index (χ0v) is 9.39. The van der Waals surface area contributed by atoms with Crippen LogP contribution in [-0.2, 0) is 0 Å². The second-order valence-corrected chi connectivity index (χ2v) is 3.76. The Morgan fingerprint density at radius 1 is 1.44 bits per heavy atom. The maximum absolute atomic E-state index is 11.0. The van der Waals surface area contributed by atoms with Crippen LogP contribution in [0.2, 0.25) is 5.02 Å². The molecule has 3 N–H and O–H groups in total. The van der Waals surface area contributed by atoms with Crippen LogP contribution in [0.3, 0.4) is 0 Å². The molecule has 0 aromatic heterocycles. The molecule has 0 unspecified atom stereocenters. The highest BCUT2D eigenvalue weighted by Crippen LogP contribution is 2.42. The lowest BCUT2D eigenvalue weighted by atomic mass is 10.1. The minimum atomic E-state index is -1.06. The number of benzene rings is 1. The lowest BCUT2D eigenvalue weighted by molar-refractivity contribution is 0.0693. The molecule has 16 heavy (non-hydrogen) atoms. The Morgan fingerprint density at radius 2 is 2.06 bits per heavy atom. The van der Waals surface area contributed by atoms with Crippen molar-refractivity contribution in [2.24, 2.45) is 0 Å². The highest BCUT2D eigenvalue weighted by atomic mass is 35.5. The van der Waals surface area contributed by atoms with E-state index in [0.717, 1.165) is 6.54 Å². The first-order chi connectivity index (χ1) is 7.65. The summed E-state index contributed by atoms with van der Waals surface area (Å²) in [5.41, 5.74) is 1.36. The van der Waals surface area contributed by atoms with Crippen molar-refractivity contribution in [1.82, 2.24) is 0 Å². The quantitative estimate of drug-likeness (QED) is 0.739. The van der Waals surface area contributed by atoms with Gasteiger partial charge in [-0.3, -0.25) is 0 Å². The molecule has 6 heteroatoms. The van der Waals surface area contributed by atoms with Crippen LogP contribution in [-0.4, -0.2) is 31.3 Å². The summed E-state index contributed by atoms with van der Waals surface area (Å²) in [5.74, 6) is -0.756. The van der Waals surface area contributed by atoms with Crippen LogP contribution in [0.5, 0.6) is 5.75 Å². The second kappa shape index (κ2) is 4.09. The van der Waals surface area contributed by atoms with E-state index in [2.05, 4.69) is 10.6 Å². The Hall–Kier alpha value is -1.62. The highest BCUT2D eigenvalue weighted by Gasteiger charge is 2.23. The van der Waals surface area contributed by atoms with Crippen molar-refractivity contribution in [2.45, 2.75) is 0 Å². The van der Waals surface area contributed by atoms with E-state index in [9.17, 15) is 4.79 Å². The van der Waals surface area contributed by atoms with Gasteiger partial charge in [0.05, 0.1) is 17.8 Å². The topological polar surface area (TPSA) is 70.6 Å².